The number of aromatic nitrogens is 3. The van der Waals surface area contributed by atoms with Gasteiger partial charge in [-0.25, -0.2) is 19.2 Å². The highest BCUT2D eigenvalue weighted by atomic mass is 19.1. The molecule has 314 valence electrons. The van der Waals surface area contributed by atoms with Gasteiger partial charge in [0.25, 0.3) is 11.8 Å². The summed E-state index contributed by atoms with van der Waals surface area (Å²) in [6.45, 7) is 8.77. The normalized spacial score (nSPS) is 21.5. The molecule has 2 aromatic heterocycles. The van der Waals surface area contributed by atoms with Crippen molar-refractivity contribution in [3.63, 3.8) is 0 Å². The van der Waals surface area contributed by atoms with Crippen molar-refractivity contribution in [3.8, 4) is 6.07 Å². The number of hydrogen-bond acceptors (Lipinski definition) is 13. The molecule has 5 aliphatic rings. The van der Waals surface area contributed by atoms with E-state index in [1.54, 1.807) is 29.6 Å². The number of imide groups is 2. The average molecular weight is 829 g/mol. The summed E-state index contributed by atoms with van der Waals surface area (Å²) in [5.74, 6) is -2.05. The van der Waals surface area contributed by atoms with E-state index in [9.17, 15) is 29.2 Å². The van der Waals surface area contributed by atoms with Crippen molar-refractivity contribution < 1.29 is 28.4 Å². The van der Waals surface area contributed by atoms with Crippen molar-refractivity contribution in [1.29, 1.82) is 5.26 Å². The Labute approximate surface area is 351 Å². The summed E-state index contributed by atoms with van der Waals surface area (Å²) in [5, 5.41) is 15.6. The molecule has 0 spiro atoms. The number of pyridine rings is 1. The van der Waals surface area contributed by atoms with Gasteiger partial charge in [0.15, 0.2) is 0 Å². The number of piperidine rings is 2. The van der Waals surface area contributed by atoms with Gasteiger partial charge in [0.05, 0.1) is 46.0 Å². The van der Waals surface area contributed by atoms with E-state index in [0.29, 0.717) is 74.4 Å². The summed E-state index contributed by atoms with van der Waals surface area (Å²) < 4.78 is 15.5. The number of fused-ring (bicyclic) bond motifs is 2. The lowest BCUT2D eigenvalue weighted by Crippen LogP contribution is -2.54. The Morgan fingerprint density at radius 1 is 0.885 bits per heavy atom. The van der Waals surface area contributed by atoms with Gasteiger partial charge in [-0.3, -0.25) is 39.3 Å². The highest BCUT2D eigenvalue weighted by Crippen LogP contribution is 2.34. The van der Waals surface area contributed by atoms with Gasteiger partial charge in [-0.05, 0) is 68.5 Å². The molecule has 4 saturated heterocycles. The van der Waals surface area contributed by atoms with E-state index in [1.165, 1.54) is 6.07 Å². The number of piperazine rings is 2. The molecule has 2 N–H and O–H groups in total. The molecule has 4 aromatic rings. The summed E-state index contributed by atoms with van der Waals surface area (Å²) in [4.78, 5) is 88.7. The highest BCUT2D eigenvalue weighted by Gasteiger charge is 2.45. The molecule has 2 aromatic carbocycles. The van der Waals surface area contributed by atoms with Crippen LogP contribution in [0, 0.1) is 23.1 Å². The van der Waals surface area contributed by atoms with Gasteiger partial charge in [-0.15, -0.1) is 0 Å². The second-order valence-electron chi connectivity index (χ2n) is 16.3. The SMILES string of the molecule is C[C@H]1CN(C(=O)Nc2cnc(N3CCC(CN4CCN(c5cc6c(cc5F)C(=O)N(C5CCC(=O)NC5=O)C6=O)CC4)CC3)nc2)CCN1c1ccc(C#N)c2ncccc12. The third kappa shape index (κ3) is 7.65. The van der Waals surface area contributed by atoms with E-state index in [1.807, 2.05) is 23.1 Å². The van der Waals surface area contributed by atoms with E-state index in [-0.39, 0.29) is 41.7 Å². The first-order valence-electron chi connectivity index (χ1n) is 20.8. The Kier molecular flexibility index (Phi) is 10.7. The van der Waals surface area contributed by atoms with Crippen LogP contribution in [0.15, 0.2) is 55.0 Å². The lowest BCUT2D eigenvalue weighted by Gasteiger charge is -2.41. The zero-order valence-corrected chi connectivity index (χ0v) is 33.7. The first kappa shape index (κ1) is 39.7. The maximum atomic E-state index is 15.5. The minimum absolute atomic E-state index is 0.0126. The van der Waals surface area contributed by atoms with E-state index in [2.05, 4.69) is 53.3 Å². The van der Waals surface area contributed by atoms with Crippen LogP contribution in [-0.4, -0.2) is 137 Å². The minimum atomic E-state index is -1.10. The Morgan fingerprint density at radius 2 is 1.62 bits per heavy atom. The van der Waals surface area contributed by atoms with Gasteiger partial charge < -0.3 is 24.9 Å². The Bertz CT molecular complexity index is 2460. The molecule has 17 nitrogen and oxygen atoms in total. The Morgan fingerprint density at radius 3 is 2.33 bits per heavy atom. The zero-order chi connectivity index (χ0) is 42.4. The van der Waals surface area contributed by atoms with Gasteiger partial charge in [-0.2, -0.15) is 5.26 Å². The Balaban J connectivity index is 0.728. The lowest BCUT2D eigenvalue weighted by molar-refractivity contribution is -0.136. The monoisotopic (exact) mass is 828 g/mol. The number of nitriles is 1. The molecule has 9 rings (SSSR count). The molecular formula is C43H45FN12O5. The molecule has 0 aliphatic carbocycles. The lowest BCUT2D eigenvalue weighted by atomic mass is 9.96. The number of nitrogens with one attached hydrogen (secondary N) is 2. The summed E-state index contributed by atoms with van der Waals surface area (Å²) in [6, 6.07) is 11.1. The molecule has 0 bridgehead atoms. The number of carbonyl (C=O) groups excluding carboxylic acids is 5. The number of amides is 6. The van der Waals surface area contributed by atoms with Gasteiger partial charge in [0.2, 0.25) is 17.8 Å². The smallest absolute Gasteiger partial charge is 0.322 e. The number of halogens is 1. The van der Waals surface area contributed by atoms with Gasteiger partial charge in [0, 0.05) is 95.2 Å². The van der Waals surface area contributed by atoms with Crippen LogP contribution in [-0.2, 0) is 9.59 Å². The fourth-order valence-electron chi connectivity index (χ4n) is 9.32. The average Bonchev–Trinajstić information content (AvgIpc) is 3.50. The number of anilines is 4. The minimum Gasteiger partial charge on any atom is -0.367 e. The summed E-state index contributed by atoms with van der Waals surface area (Å²) in [5.41, 5.74) is 2.98. The second-order valence-corrected chi connectivity index (χ2v) is 16.3. The van der Waals surface area contributed by atoms with Crippen LogP contribution >= 0.6 is 0 Å². The number of nitrogens with zero attached hydrogens (tertiary/aromatic N) is 10. The fourth-order valence-corrected chi connectivity index (χ4v) is 9.32. The van der Waals surface area contributed by atoms with Crippen LogP contribution in [0.3, 0.4) is 0 Å². The third-order valence-corrected chi connectivity index (χ3v) is 12.6. The largest absolute Gasteiger partial charge is 0.367 e. The molecule has 18 heteroatoms. The molecule has 6 amide bonds. The summed E-state index contributed by atoms with van der Waals surface area (Å²) in [7, 11) is 0. The number of benzene rings is 2. The van der Waals surface area contributed by atoms with Crippen LogP contribution in [0.1, 0.15) is 58.9 Å². The fraction of sp³-hybridized carbons (Fsp3) is 0.419. The maximum Gasteiger partial charge on any atom is 0.322 e. The molecule has 7 heterocycles. The molecule has 61 heavy (non-hydrogen) atoms. The highest BCUT2D eigenvalue weighted by molar-refractivity contribution is 6.23. The predicted molar refractivity (Wildman–Crippen MR) is 223 cm³/mol. The van der Waals surface area contributed by atoms with E-state index in [0.717, 1.165) is 54.5 Å². The van der Waals surface area contributed by atoms with Crippen LogP contribution in [0.25, 0.3) is 10.9 Å². The molecule has 0 saturated carbocycles. The summed E-state index contributed by atoms with van der Waals surface area (Å²) in [6.07, 6.45) is 6.95. The van der Waals surface area contributed by atoms with Crippen molar-refractivity contribution in [2.45, 2.75) is 44.7 Å². The van der Waals surface area contributed by atoms with Crippen LogP contribution in [0.4, 0.5) is 32.2 Å². The molecule has 4 fully saturated rings. The van der Waals surface area contributed by atoms with Crippen molar-refractivity contribution in [1.82, 2.24) is 35.0 Å². The predicted octanol–water partition coefficient (Wildman–Crippen LogP) is 3.22. The standard InChI is InChI=1S/C43H45FN12O5/c1-26-24-54(17-18-55(26)34-5-4-28(21-45)38-30(34)3-2-10-46-38)43(61)49-29-22-47-42(48-23-29)53-11-8-27(9-12-53)25-51-13-15-52(16-14-51)36-20-32-31(19-33(36)44)40(59)56(41(32)60)35-6-7-37(57)50-39(35)58/h2-5,10,19-20,22-23,26-27,35H,6-9,11-18,24-25H2,1H3,(H,49,61)(H,50,57,58)/t26-,35?/m0/s1. The van der Waals surface area contributed by atoms with E-state index in [4.69, 9.17) is 0 Å². The van der Waals surface area contributed by atoms with E-state index >= 15 is 4.39 Å². The number of hydrogen-bond donors (Lipinski definition) is 2. The quantitative estimate of drug-likeness (QED) is 0.259. The first-order chi connectivity index (χ1) is 29.6. The van der Waals surface area contributed by atoms with Gasteiger partial charge >= 0.3 is 6.03 Å². The van der Waals surface area contributed by atoms with Gasteiger partial charge in [-0.1, -0.05) is 0 Å². The third-order valence-electron chi connectivity index (χ3n) is 12.6. The molecular weight excluding hydrogens is 784 g/mol. The molecule has 0 radical (unpaired) electrons. The first-order valence-corrected chi connectivity index (χ1v) is 20.8. The van der Waals surface area contributed by atoms with E-state index < -0.39 is 35.5 Å². The summed E-state index contributed by atoms with van der Waals surface area (Å²) >= 11 is 0. The van der Waals surface area contributed by atoms with Crippen LogP contribution < -0.4 is 25.3 Å². The van der Waals surface area contributed by atoms with Crippen molar-refractivity contribution >= 4 is 63.6 Å². The van der Waals surface area contributed by atoms with Gasteiger partial charge in [0.1, 0.15) is 17.9 Å². The van der Waals surface area contributed by atoms with Crippen molar-refractivity contribution in [2.24, 2.45) is 5.92 Å². The van der Waals surface area contributed by atoms with Crippen LogP contribution in [0.5, 0.6) is 0 Å². The molecule has 2 atom stereocenters. The maximum absolute atomic E-state index is 15.5. The zero-order valence-electron chi connectivity index (χ0n) is 33.7. The van der Waals surface area contributed by atoms with Crippen LogP contribution in [0.2, 0.25) is 0 Å². The number of carbonyl (C=O) groups is 5. The molecule has 1 unspecified atom stereocenters. The number of rotatable bonds is 7. The number of urea groups is 1. The van der Waals surface area contributed by atoms with Crippen molar-refractivity contribution in [2.75, 3.05) is 85.5 Å². The van der Waals surface area contributed by atoms with Crippen molar-refractivity contribution in [3.05, 3.63) is 77.5 Å². The second kappa shape index (κ2) is 16.4. The Hall–Kier alpha value is -6.74. The topological polar surface area (TPSA) is 191 Å². The molecule has 5 aliphatic heterocycles.